The Labute approximate surface area is 118 Å². The molecule has 0 aliphatic carbocycles. The lowest BCUT2D eigenvalue weighted by atomic mass is 10.1. The molecule has 1 aliphatic rings. The molecule has 4 nitrogen and oxygen atoms in total. The lowest BCUT2D eigenvalue weighted by molar-refractivity contribution is -0.123. The number of rotatable bonds is 6. The van der Waals surface area contributed by atoms with Gasteiger partial charge in [0.1, 0.15) is 0 Å². The maximum atomic E-state index is 12.0. The maximum absolute atomic E-state index is 12.0. The third-order valence-electron chi connectivity index (χ3n) is 3.45. The quantitative estimate of drug-likeness (QED) is 0.838. The smallest absolute Gasteiger partial charge is 0.237 e. The number of amides is 1. The van der Waals surface area contributed by atoms with Crippen molar-refractivity contribution in [3.63, 3.8) is 0 Å². The number of ether oxygens (including phenoxy) is 1. The highest BCUT2D eigenvalue weighted by Crippen LogP contribution is 2.15. The van der Waals surface area contributed by atoms with E-state index in [1.807, 2.05) is 24.4 Å². The molecule has 1 amide bonds. The zero-order valence-electron chi connectivity index (χ0n) is 11.5. The van der Waals surface area contributed by atoms with E-state index in [1.165, 1.54) is 4.88 Å². The van der Waals surface area contributed by atoms with E-state index in [2.05, 4.69) is 17.6 Å². The Balaban J connectivity index is 1.72. The van der Waals surface area contributed by atoms with Crippen molar-refractivity contribution in [2.45, 2.75) is 51.4 Å². The molecule has 1 aromatic rings. The van der Waals surface area contributed by atoms with Crippen LogP contribution in [-0.4, -0.2) is 30.7 Å². The van der Waals surface area contributed by atoms with Gasteiger partial charge in [0.05, 0.1) is 18.7 Å². The van der Waals surface area contributed by atoms with E-state index in [4.69, 9.17) is 4.74 Å². The third kappa shape index (κ3) is 4.30. The van der Waals surface area contributed by atoms with Crippen LogP contribution in [0.15, 0.2) is 17.5 Å². The Kier molecular flexibility index (Phi) is 5.36. The molecule has 1 fully saturated rings. The number of carbonyl (C=O) groups is 1. The van der Waals surface area contributed by atoms with E-state index in [0.29, 0.717) is 6.54 Å². The SMILES string of the molecule is C[C@H](N[C@H](C)[C@H]1CCCO1)C(=O)NCc1cccs1. The van der Waals surface area contributed by atoms with Crippen molar-refractivity contribution < 1.29 is 9.53 Å². The summed E-state index contributed by atoms with van der Waals surface area (Å²) < 4.78 is 5.62. The zero-order chi connectivity index (χ0) is 13.7. The van der Waals surface area contributed by atoms with Gasteiger partial charge in [0.2, 0.25) is 5.91 Å². The second kappa shape index (κ2) is 7.03. The Bertz CT molecular complexity index is 388. The van der Waals surface area contributed by atoms with Gasteiger partial charge in [-0.25, -0.2) is 0 Å². The largest absolute Gasteiger partial charge is 0.377 e. The summed E-state index contributed by atoms with van der Waals surface area (Å²) >= 11 is 1.66. The molecule has 0 spiro atoms. The molecule has 1 aliphatic heterocycles. The molecule has 1 aromatic heterocycles. The van der Waals surface area contributed by atoms with Crippen molar-refractivity contribution in [3.8, 4) is 0 Å². The molecule has 1 saturated heterocycles. The lowest BCUT2D eigenvalue weighted by Crippen LogP contribution is -2.49. The van der Waals surface area contributed by atoms with Crippen LogP contribution in [0.3, 0.4) is 0 Å². The zero-order valence-corrected chi connectivity index (χ0v) is 12.3. The first kappa shape index (κ1) is 14.5. The van der Waals surface area contributed by atoms with Crippen LogP contribution in [0, 0.1) is 0 Å². The van der Waals surface area contributed by atoms with Gasteiger partial charge in [-0.3, -0.25) is 4.79 Å². The summed E-state index contributed by atoms with van der Waals surface area (Å²) in [5.74, 6) is 0.0400. The van der Waals surface area contributed by atoms with Gasteiger partial charge < -0.3 is 15.4 Å². The first-order chi connectivity index (χ1) is 9.16. The summed E-state index contributed by atoms with van der Waals surface area (Å²) in [6, 6.07) is 4.04. The average molecular weight is 282 g/mol. The molecule has 106 valence electrons. The van der Waals surface area contributed by atoms with E-state index in [-0.39, 0.29) is 24.1 Å². The van der Waals surface area contributed by atoms with Crippen LogP contribution in [0.4, 0.5) is 0 Å². The summed E-state index contributed by atoms with van der Waals surface area (Å²) in [7, 11) is 0. The summed E-state index contributed by atoms with van der Waals surface area (Å²) in [5.41, 5.74) is 0. The minimum absolute atomic E-state index is 0.0400. The Morgan fingerprint density at radius 3 is 3.05 bits per heavy atom. The first-order valence-corrected chi connectivity index (χ1v) is 7.72. The van der Waals surface area contributed by atoms with Gasteiger partial charge in [-0.05, 0) is 38.1 Å². The predicted molar refractivity (Wildman–Crippen MR) is 77.2 cm³/mol. The van der Waals surface area contributed by atoms with Crippen molar-refractivity contribution in [3.05, 3.63) is 22.4 Å². The average Bonchev–Trinajstić information content (AvgIpc) is 3.08. The Hall–Kier alpha value is -0.910. The Morgan fingerprint density at radius 2 is 2.42 bits per heavy atom. The van der Waals surface area contributed by atoms with Crippen molar-refractivity contribution in [1.82, 2.24) is 10.6 Å². The molecular weight excluding hydrogens is 260 g/mol. The molecule has 3 atom stereocenters. The number of hydrogen-bond donors (Lipinski definition) is 2. The Morgan fingerprint density at radius 1 is 1.58 bits per heavy atom. The van der Waals surface area contributed by atoms with E-state index >= 15 is 0 Å². The number of nitrogens with one attached hydrogen (secondary N) is 2. The van der Waals surface area contributed by atoms with Crippen molar-refractivity contribution in [2.24, 2.45) is 0 Å². The summed E-state index contributed by atoms with van der Waals surface area (Å²) in [5, 5.41) is 8.28. The van der Waals surface area contributed by atoms with Crippen LogP contribution >= 0.6 is 11.3 Å². The minimum Gasteiger partial charge on any atom is -0.377 e. The molecule has 2 N–H and O–H groups in total. The fourth-order valence-corrected chi connectivity index (χ4v) is 2.96. The van der Waals surface area contributed by atoms with Crippen molar-refractivity contribution >= 4 is 17.2 Å². The molecule has 0 unspecified atom stereocenters. The lowest BCUT2D eigenvalue weighted by Gasteiger charge is -2.23. The van der Waals surface area contributed by atoms with E-state index in [9.17, 15) is 4.79 Å². The molecule has 2 rings (SSSR count). The minimum atomic E-state index is -0.195. The van der Waals surface area contributed by atoms with Crippen LogP contribution < -0.4 is 10.6 Å². The fraction of sp³-hybridized carbons (Fsp3) is 0.643. The molecular formula is C14H22N2O2S. The molecule has 19 heavy (non-hydrogen) atoms. The van der Waals surface area contributed by atoms with Gasteiger partial charge in [-0.1, -0.05) is 6.07 Å². The first-order valence-electron chi connectivity index (χ1n) is 6.84. The van der Waals surface area contributed by atoms with Gasteiger partial charge in [-0.2, -0.15) is 0 Å². The summed E-state index contributed by atoms with van der Waals surface area (Å²) in [6.45, 7) is 5.43. The van der Waals surface area contributed by atoms with Gasteiger partial charge in [-0.15, -0.1) is 11.3 Å². The van der Waals surface area contributed by atoms with Crippen molar-refractivity contribution in [1.29, 1.82) is 0 Å². The summed E-state index contributed by atoms with van der Waals surface area (Å²) in [6.07, 6.45) is 2.44. The monoisotopic (exact) mass is 282 g/mol. The third-order valence-corrected chi connectivity index (χ3v) is 4.32. The molecule has 0 bridgehead atoms. The maximum Gasteiger partial charge on any atom is 0.237 e. The number of carbonyl (C=O) groups excluding carboxylic acids is 1. The molecule has 0 radical (unpaired) electrons. The number of thiophene rings is 1. The fourth-order valence-electron chi connectivity index (χ4n) is 2.31. The van der Waals surface area contributed by atoms with Gasteiger partial charge in [0.25, 0.3) is 0 Å². The highest BCUT2D eigenvalue weighted by atomic mass is 32.1. The molecule has 2 heterocycles. The van der Waals surface area contributed by atoms with E-state index in [1.54, 1.807) is 11.3 Å². The summed E-state index contributed by atoms with van der Waals surface area (Å²) in [4.78, 5) is 13.2. The number of hydrogen-bond acceptors (Lipinski definition) is 4. The standard InChI is InChI=1S/C14H22N2O2S/c1-10(13-6-3-7-18-13)16-11(2)14(17)15-9-12-5-4-8-19-12/h4-5,8,10-11,13,16H,3,6-7,9H2,1-2H3,(H,15,17)/t10-,11+,13-/m1/s1. The second-order valence-corrected chi connectivity index (χ2v) is 6.06. The highest BCUT2D eigenvalue weighted by Gasteiger charge is 2.25. The normalized spacial score (nSPS) is 22.1. The predicted octanol–water partition coefficient (Wildman–Crippen LogP) is 1.91. The van der Waals surface area contributed by atoms with Crippen LogP contribution in [0.5, 0.6) is 0 Å². The van der Waals surface area contributed by atoms with Gasteiger partial charge in [0, 0.05) is 17.5 Å². The highest BCUT2D eigenvalue weighted by molar-refractivity contribution is 7.09. The van der Waals surface area contributed by atoms with Crippen molar-refractivity contribution in [2.75, 3.05) is 6.61 Å². The molecule has 0 aromatic carbocycles. The molecule has 5 heteroatoms. The topological polar surface area (TPSA) is 50.4 Å². The van der Waals surface area contributed by atoms with Crippen LogP contribution in [0.1, 0.15) is 31.6 Å². The van der Waals surface area contributed by atoms with Gasteiger partial charge in [0.15, 0.2) is 0 Å². The molecule has 0 saturated carbocycles. The van der Waals surface area contributed by atoms with Crippen LogP contribution in [-0.2, 0) is 16.1 Å². The van der Waals surface area contributed by atoms with E-state index in [0.717, 1.165) is 19.4 Å². The second-order valence-electron chi connectivity index (χ2n) is 5.03. The van der Waals surface area contributed by atoms with Gasteiger partial charge >= 0.3 is 0 Å². The van der Waals surface area contributed by atoms with Crippen LogP contribution in [0.25, 0.3) is 0 Å². The van der Waals surface area contributed by atoms with E-state index < -0.39 is 0 Å². The van der Waals surface area contributed by atoms with Crippen LogP contribution in [0.2, 0.25) is 0 Å².